The van der Waals surface area contributed by atoms with Crippen molar-refractivity contribution in [2.75, 3.05) is 11.9 Å². The van der Waals surface area contributed by atoms with Crippen LogP contribution in [0.3, 0.4) is 0 Å². The molecule has 0 unspecified atom stereocenters. The molecule has 0 aliphatic carbocycles. The number of rotatable bonds is 8. The highest BCUT2D eigenvalue weighted by Gasteiger charge is 2.11. The summed E-state index contributed by atoms with van der Waals surface area (Å²) >= 11 is 0. The second-order valence-electron chi connectivity index (χ2n) is 6.84. The van der Waals surface area contributed by atoms with Crippen molar-refractivity contribution < 1.29 is 4.79 Å². The van der Waals surface area contributed by atoms with Crippen molar-refractivity contribution in [3.8, 4) is 0 Å². The molecular weight excluding hydrogens is 348 g/mol. The van der Waals surface area contributed by atoms with Gasteiger partial charge in [-0.2, -0.15) is 0 Å². The molecular formula is C23H26N4O. The van der Waals surface area contributed by atoms with E-state index in [1.54, 1.807) is 6.07 Å². The van der Waals surface area contributed by atoms with E-state index < -0.39 is 0 Å². The third-order valence-corrected chi connectivity index (χ3v) is 4.56. The predicted molar refractivity (Wildman–Crippen MR) is 112 cm³/mol. The van der Waals surface area contributed by atoms with Gasteiger partial charge in [-0.3, -0.25) is 4.79 Å². The maximum Gasteiger partial charge on any atom is 0.270 e. The standard InChI is InChI=1S/C23H26N4O/c1-17-9-6-7-13-20(17)16-25-22(28)21-15-18(2)26-23(27-21)24-14-8-12-19-10-4-3-5-11-19/h3-7,9-11,13,15H,8,12,14,16H2,1-2H3,(H,25,28)(H,24,26,27). The minimum atomic E-state index is -0.193. The third-order valence-electron chi connectivity index (χ3n) is 4.56. The van der Waals surface area contributed by atoms with Crippen molar-refractivity contribution in [1.82, 2.24) is 15.3 Å². The van der Waals surface area contributed by atoms with Crippen molar-refractivity contribution in [3.63, 3.8) is 0 Å². The van der Waals surface area contributed by atoms with Crippen LogP contribution in [0.1, 0.15) is 39.3 Å². The summed E-state index contributed by atoms with van der Waals surface area (Å²) in [6, 6.07) is 20.1. The Hall–Kier alpha value is -3.21. The molecule has 3 aromatic rings. The summed E-state index contributed by atoms with van der Waals surface area (Å²) in [7, 11) is 0. The first-order valence-corrected chi connectivity index (χ1v) is 9.58. The van der Waals surface area contributed by atoms with Crippen molar-refractivity contribution in [2.45, 2.75) is 33.2 Å². The fourth-order valence-corrected chi connectivity index (χ4v) is 2.98. The van der Waals surface area contributed by atoms with Crippen molar-refractivity contribution in [2.24, 2.45) is 0 Å². The summed E-state index contributed by atoms with van der Waals surface area (Å²) in [6.45, 7) is 5.14. The normalized spacial score (nSPS) is 10.5. The van der Waals surface area contributed by atoms with Crippen LogP contribution in [0.25, 0.3) is 0 Å². The Bertz CT molecular complexity index is 925. The molecule has 2 N–H and O–H groups in total. The number of hydrogen-bond acceptors (Lipinski definition) is 4. The fraction of sp³-hybridized carbons (Fsp3) is 0.261. The van der Waals surface area contributed by atoms with Crippen LogP contribution in [0.4, 0.5) is 5.95 Å². The minimum Gasteiger partial charge on any atom is -0.354 e. The SMILES string of the molecule is Cc1cc(C(=O)NCc2ccccc2C)nc(NCCCc2ccccc2)n1. The Labute approximate surface area is 166 Å². The molecule has 1 heterocycles. The fourth-order valence-electron chi connectivity index (χ4n) is 2.98. The minimum absolute atomic E-state index is 0.193. The van der Waals surface area contributed by atoms with Gasteiger partial charge in [0, 0.05) is 18.8 Å². The van der Waals surface area contributed by atoms with Gasteiger partial charge < -0.3 is 10.6 Å². The lowest BCUT2D eigenvalue weighted by Crippen LogP contribution is -2.25. The van der Waals surface area contributed by atoms with Crippen molar-refractivity contribution in [3.05, 3.63) is 88.7 Å². The molecule has 0 aliphatic rings. The zero-order valence-electron chi connectivity index (χ0n) is 16.4. The molecule has 0 atom stereocenters. The Morgan fingerprint density at radius 3 is 2.50 bits per heavy atom. The van der Waals surface area contributed by atoms with E-state index in [2.05, 4.69) is 32.7 Å². The van der Waals surface area contributed by atoms with Gasteiger partial charge in [-0.1, -0.05) is 54.6 Å². The average Bonchev–Trinajstić information content (AvgIpc) is 2.71. The summed E-state index contributed by atoms with van der Waals surface area (Å²) in [5.41, 5.74) is 4.71. The van der Waals surface area contributed by atoms with Crippen LogP contribution in [0.15, 0.2) is 60.7 Å². The van der Waals surface area contributed by atoms with Gasteiger partial charge in [-0.15, -0.1) is 0 Å². The van der Waals surface area contributed by atoms with Gasteiger partial charge in [0.15, 0.2) is 0 Å². The average molecular weight is 374 g/mol. The Morgan fingerprint density at radius 1 is 0.964 bits per heavy atom. The molecule has 28 heavy (non-hydrogen) atoms. The molecule has 5 heteroatoms. The summed E-state index contributed by atoms with van der Waals surface area (Å²) in [6.07, 6.45) is 1.96. The van der Waals surface area contributed by atoms with Gasteiger partial charge >= 0.3 is 0 Å². The molecule has 0 fully saturated rings. The third kappa shape index (κ3) is 5.64. The van der Waals surface area contributed by atoms with E-state index >= 15 is 0 Å². The van der Waals surface area contributed by atoms with Crippen LogP contribution in [-0.2, 0) is 13.0 Å². The van der Waals surface area contributed by atoms with Crippen LogP contribution < -0.4 is 10.6 Å². The number of nitrogens with one attached hydrogen (secondary N) is 2. The van der Waals surface area contributed by atoms with E-state index in [-0.39, 0.29) is 5.91 Å². The van der Waals surface area contributed by atoms with E-state index in [1.165, 1.54) is 5.56 Å². The highest BCUT2D eigenvalue weighted by atomic mass is 16.1. The maximum absolute atomic E-state index is 12.5. The molecule has 1 aromatic heterocycles. The number of aryl methyl sites for hydroxylation is 3. The number of nitrogens with zero attached hydrogens (tertiary/aromatic N) is 2. The monoisotopic (exact) mass is 374 g/mol. The van der Waals surface area contributed by atoms with Crippen molar-refractivity contribution in [1.29, 1.82) is 0 Å². The Balaban J connectivity index is 1.54. The number of amides is 1. The summed E-state index contributed by atoms with van der Waals surface area (Å²) in [4.78, 5) is 21.3. The van der Waals surface area contributed by atoms with Crippen LogP contribution in [-0.4, -0.2) is 22.4 Å². The molecule has 0 bridgehead atoms. The summed E-state index contributed by atoms with van der Waals surface area (Å²) in [5, 5.41) is 6.17. The summed E-state index contributed by atoms with van der Waals surface area (Å²) in [5.74, 6) is 0.301. The number of hydrogen-bond donors (Lipinski definition) is 2. The lowest BCUT2D eigenvalue weighted by atomic mass is 10.1. The lowest BCUT2D eigenvalue weighted by molar-refractivity contribution is 0.0945. The molecule has 144 valence electrons. The first-order valence-electron chi connectivity index (χ1n) is 9.58. The molecule has 2 aromatic carbocycles. The zero-order valence-corrected chi connectivity index (χ0v) is 16.4. The largest absolute Gasteiger partial charge is 0.354 e. The highest BCUT2D eigenvalue weighted by Crippen LogP contribution is 2.09. The highest BCUT2D eigenvalue weighted by molar-refractivity contribution is 5.92. The zero-order chi connectivity index (χ0) is 19.8. The van der Waals surface area contributed by atoms with Crippen LogP contribution in [0.2, 0.25) is 0 Å². The summed E-state index contributed by atoms with van der Waals surface area (Å²) < 4.78 is 0. The van der Waals surface area contributed by atoms with Crippen LogP contribution >= 0.6 is 0 Å². The smallest absolute Gasteiger partial charge is 0.270 e. The van der Waals surface area contributed by atoms with Gasteiger partial charge in [-0.05, 0) is 49.4 Å². The second-order valence-corrected chi connectivity index (χ2v) is 6.84. The van der Waals surface area contributed by atoms with E-state index in [4.69, 9.17) is 0 Å². The van der Waals surface area contributed by atoms with E-state index in [9.17, 15) is 4.79 Å². The van der Waals surface area contributed by atoms with Gasteiger partial charge in [0.25, 0.3) is 5.91 Å². The van der Waals surface area contributed by atoms with Crippen LogP contribution in [0, 0.1) is 13.8 Å². The lowest BCUT2D eigenvalue weighted by Gasteiger charge is -2.10. The molecule has 0 aliphatic heterocycles. The van der Waals surface area contributed by atoms with Gasteiger partial charge in [0.1, 0.15) is 5.69 Å². The maximum atomic E-state index is 12.5. The molecule has 1 amide bonds. The number of carbonyl (C=O) groups is 1. The van der Waals surface area contributed by atoms with Gasteiger partial charge in [-0.25, -0.2) is 9.97 Å². The quantitative estimate of drug-likeness (QED) is 0.583. The molecule has 0 radical (unpaired) electrons. The number of anilines is 1. The Morgan fingerprint density at radius 2 is 1.71 bits per heavy atom. The molecule has 0 saturated carbocycles. The second kappa shape index (κ2) is 9.65. The number of benzene rings is 2. The van der Waals surface area contributed by atoms with E-state index in [0.29, 0.717) is 18.2 Å². The molecule has 0 spiro atoms. The van der Waals surface area contributed by atoms with E-state index in [1.807, 2.05) is 56.3 Å². The topological polar surface area (TPSA) is 66.9 Å². The molecule has 0 saturated heterocycles. The molecule has 3 rings (SSSR count). The first-order chi connectivity index (χ1) is 13.6. The van der Waals surface area contributed by atoms with E-state index in [0.717, 1.165) is 36.2 Å². The number of aromatic nitrogens is 2. The molecule has 5 nitrogen and oxygen atoms in total. The Kier molecular flexibility index (Phi) is 6.73. The first kappa shape index (κ1) is 19.5. The van der Waals surface area contributed by atoms with Gasteiger partial charge in [0.05, 0.1) is 0 Å². The van der Waals surface area contributed by atoms with Crippen LogP contribution in [0.5, 0.6) is 0 Å². The van der Waals surface area contributed by atoms with Crippen molar-refractivity contribution >= 4 is 11.9 Å². The predicted octanol–water partition coefficient (Wildman–Crippen LogP) is 4.07. The number of carbonyl (C=O) groups excluding carboxylic acids is 1. The van der Waals surface area contributed by atoms with Gasteiger partial charge in [0.2, 0.25) is 5.95 Å².